The van der Waals surface area contributed by atoms with Crippen molar-refractivity contribution in [3.63, 3.8) is 0 Å². The number of hydrogen-bond acceptors (Lipinski definition) is 5. The molecule has 29 heavy (non-hydrogen) atoms. The standard InChI is InChI=1S/C21H22N6O2/c28-20(22-18-8-4-7-17(14-18)19-23-25-26-24-19)21(29)27-11-9-16(10-12-27)13-15-5-2-1-3-6-15/h1-8,14,16H,9-13H2,(H,22,28)(H,23,24,25,26). The van der Waals surface area contributed by atoms with Gasteiger partial charge in [0, 0.05) is 24.3 Å². The Bertz CT molecular complexity index is 966. The van der Waals surface area contributed by atoms with Gasteiger partial charge in [0.2, 0.25) is 5.82 Å². The van der Waals surface area contributed by atoms with E-state index in [9.17, 15) is 9.59 Å². The zero-order chi connectivity index (χ0) is 20.1. The number of piperidine rings is 1. The van der Waals surface area contributed by atoms with E-state index in [1.165, 1.54) is 5.56 Å². The molecule has 0 atom stereocenters. The highest BCUT2D eigenvalue weighted by Gasteiger charge is 2.27. The molecule has 0 aliphatic carbocycles. The van der Waals surface area contributed by atoms with Gasteiger partial charge in [-0.2, -0.15) is 5.21 Å². The first-order valence-electron chi connectivity index (χ1n) is 9.67. The van der Waals surface area contributed by atoms with E-state index in [0.717, 1.165) is 19.3 Å². The normalized spacial score (nSPS) is 14.6. The summed E-state index contributed by atoms with van der Waals surface area (Å²) >= 11 is 0. The molecule has 0 bridgehead atoms. The number of hydrogen-bond donors (Lipinski definition) is 2. The lowest BCUT2D eigenvalue weighted by molar-refractivity contribution is -0.144. The van der Waals surface area contributed by atoms with Crippen LogP contribution in [0.1, 0.15) is 18.4 Å². The number of carbonyl (C=O) groups is 2. The highest BCUT2D eigenvalue weighted by atomic mass is 16.2. The van der Waals surface area contributed by atoms with Crippen molar-refractivity contribution in [3.8, 4) is 11.4 Å². The predicted octanol–water partition coefficient (Wildman–Crippen LogP) is 2.29. The molecule has 4 rings (SSSR count). The van der Waals surface area contributed by atoms with Crippen molar-refractivity contribution in [3.05, 3.63) is 60.2 Å². The summed E-state index contributed by atoms with van der Waals surface area (Å²) in [6.07, 6.45) is 2.82. The summed E-state index contributed by atoms with van der Waals surface area (Å²) in [7, 11) is 0. The summed E-state index contributed by atoms with van der Waals surface area (Å²) in [4.78, 5) is 26.6. The monoisotopic (exact) mass is 390 g/mol. The van der Waals surface area contributed by atoms with Crippen LogP contribution in [0.5, 0.6) is 0 Å². The number of likely N-dealkylation sites (tertiary alicyclic amines) is 1. The molecule has 2 amide bonds. The van der Waals surface area contributed by atoms with Gasteiger partial charge in [-0.25, -0.2) is 0 Å². The Kier molecular flexibility index (Phi) is 5.60. The number of tetrazole rings is 1. The smallest absolute Gasteiger partial charge is 0.313 e. The number of nitrogens with one attached hydrogen (secondary N) is 2. The molecule has 0 spiro atoms. The molecule has 2 aromatic carbocycles. The first kappa shape index (κ1) is 18.8. The number of nitrogens with zero attached hydrogens (tertiary/aromatic N) is 4. The van der Waals surface area contributed by atoms with E-state index < -0.39 is 11.8 Å². The Labute approximate surface area is 168 Å². The summed E-state index contributed by atoms with van der Waals surface area (Å²) < 4.78 is 0. The van der Waals surface area contributed by atoms with Crippen LogP contribution in [0.3, 0.4) is 0 Å². The van der Waals surface area contributed by atoms with Crippen molar-refractivity contribution in [2.45, 2.75) is 19.3 Å². The average molecular weight is 390 g/mol. The zero-order valence-electron chi connectivity index (χ0n) is 15.9. The minimum Gasteiger partial charge on any atom is -0.334 e. The van der Waals surface area contributed by atoms with Crippen LogP contribution in [-0.4, -0.2) is 50.4 Å². The van der Waals surface area contributed by atoms with E-state index in [2.05, 4.69) is 38.1 Å². The van der Waals surface area contributed by atoms with Crippen LogP contribution in [0.15, 0.2) is 54.6 Å². The first-order valence-corrected chi connectivity index (χ1v) is 9.67. The van der Waals surface area contributed by atoms with Crippen molar-refractivity contribution in [2.24, 2.45) is 5.92 Å². The molecule has 1 aliphatic heterocycles. The molecule has 1 saturated heterocycles. The molecular formula is C21H22N6O2. The van der Waals surface area contributed by atoms with Crippen molar-refractivity contribution in [1.29, 1.82) is 0 Å². The van der Waals surface area contributed by atoms with E-state index in [1.54, 1.807) is 29.2 Å². The van der Waals surface area contributed by atoms with Gasteiger partial charge in [0.15, 0.2) is 0 Å². The van der Waals surface area contributed by atoms with Gasteiger partial charge in [0.1, 0.15) is 0 Å². The highest BCUT2D eigenvalue weighted by molar-refractivity contribution is 6.39. The molecule has 1 aliphatic rings. The molecule has 1 fully saturated rings. The van der Waals surface area contributed by atoms with Gasteiger partial charge in [-0.15, -0.1) is 10.2 Å². The second kappa shape index (κ2) is 8.64. The summed E-state index contributed by atoms with van der Waals surface area (Å²) in [5.74, 6) is -0.158. The van der Waals surface area contributed by atoms with E-state index in [1.807, 2.05) is 18.2 Å². The van der Waals surface area contributed by atoms with Gasteiger partial charge in [-0.3, -0.25) is 9.59 Å². The fraction of sp³-hybridized carbons (Fsp3) is 0.286. The maximum absolute atomic E-state index is 12.6. The predicted molar refractivity (Wildman–Crippen MR) is 108 cm³/mol. The van der Waals surface area contributed by atoms with Crippen LogP contribution in [0, 0.1) is 5.92 Å². The molecule has 148 valence electrons. The number of aromatic nitrogens is 4. The fourth-order valence-electron chi connectivity index (χ4n) is 3.64. The van der Waals surface area contributed by atoms with Gasteiger partial charge in [-0.1, -0.05) is 42.5 Å². The van der Waals surface area contributed by atoms with Gasteiger partial charge in [0.25, 0.3) is 0 Å². The topological polar surface area (TPSA) is 104 Å². The van der Waals surface area contributed by atoms with E-state index in [0.29, 0.717) is 36.1 Å². The van der Waals surface area contributed by atoms with Crippen LogP contribution < -0.4 is 5.32 Å². The molecule has 0 radical (unpaired) electrons. The van der Waals surface area contributed by atoms with E-state index >= 15 is 0 Å². The minimum absolute atomic E-state index is 0.424. The molecule has 2 heterocycles. The van der Waals surface area contributed by atoms with Gasteiger partial charge < -0.3 is 10.2 Å². The Morgan fingerprint density at radius 1 is 1.07 bits per heavy atom. The number of H-pyrrole nitrogens is 1. The third-order valence-electron chi connectivity index (χ3n) is 5.19. The fourth-order valence-corrected chi connectivity index (χ4v) is 3.64. The lowest BCUT2D eigenvalue weighted by atomic mass is 9.90. The lowest BCUT2D eigenvalue weighted by Gasteiger charge is -2.31. The summed E-state index contributed by atoms with van der Waals surface area (Å²) in [6, 6.07) is 17.4. The molecule has 1 aromatic heterocycles. The second-order valence-electron chi connectivity index (χ2n) is 7.20. The van der Waals surface area contributed by atoms with Gasteiger partial charge in [-0.05, 0) is 48.1 Å². The molecular weight excluding hydrogens is 368 g/mol. The quantitative estimate of drug-likeness (QED) is 0.665. The molecule has 2 N–H and O–H groups in total. The summed E-state index contributed by atoms with van der Waals surface area (Å²) in [5, 5.41) is 16.4. The average Bonchev–Trinajstić information content (AvgIpc) is 3.30. The Balaban J connectivity index is 1.31. The van der Waals surface area contributed by atoms with E-state index in [4.69, 9.17) is 0 Å². The van der Waals surface area contributed by atoms with Gasteiger partial charge in [0.05, 0.1) is 0 Å². The number of anilines is 1. The minimum atomic E-state index is -0.628. The molecule has 0 saturated carbocycles. The molecule has 8 nitrogen and oxygen atoms in total. The molecule has 3 aromatic rings. The molecule has 8 heteroatoms. The number of amides is 2. The lowest BCUT2D eigenvalue weighted by Crippen LogP contribution is -2.44. The second-order valence-corrected chi connectivity index (χ2v) is 7.20. The zero-order valence-corrected chi connectivity index (χ0v) is 15.9. The maximum Gasteiger partial charge on any atom is 0.313 e. The summed E-state index contributed by atoms with van der Waals surface area (Å²) in [6.45, 7) is 1.21. The Morgan fingerprint density at radius 3 is 2.59 bits per heavy atom. The Morgan fingerprint density at radius 2 is 1.86 bits per heavy atom. The third kappa shape index (κ3) is 4.66. The largest absolute Gasteiger partial charge is 0.334 e. The van der Waals surface area contributed by atoms with Crippen LogP contribution >= 0.6 is 0 Å². The van der Waals surface area contributed by atoms with Crippen LogP contribution in [0.2, 0.25) is 0 Å². The number of benzene rings is 2. The van der Waals surface area contributed by atoms with Crippen LogP contribution in [0.4, 0.5) is 5.69 Å². The van der Waals surface area contributed by atoms with Crippen LogP contribution in [0.25, 0.3) is 11.4 Å². The van der Waals surface area contributed by atoms with Crippen LogP contribution in [-0.2, 0) is 16.0 Å². The van der Waals surface area contributed by atoms with Gasteiger partial charge >= 0.3 is 11.8 Å². The van der Waals surface area contributed by atoms with Crippen molar-refractivity contribution >= 4 is 17.5 Å². The number of rotatable bonds is 4. The SMILES string of the molecule is O=C(Nc1cccc(-c2nn[nH]n2)c1)C(=O)N1CCC(Cc2ccccc2)CC1. The molecule has 0 unspecified atom stereocenters. The van der Waals surface area contributed by atoms with Crippen molar-refractivity contribution < 1.29 is 9.59 Å². The third-order valence-corrected chi connectivity index (χ3v) is 5.19. The van der Waals surface area contributed by atoms with Crippen molar-refractivity contribution in [1.82, 2.24) is 25.5 Å². The highest BCUT2D eigenvalue weighted by Crippen LogP contribution is 2.22. The Hall–Kier alpha value is -3.55. The number of carbonyl (C=O) groups excluding carboxylic acids is 2. The van der Waals surface area contributed by atoms with Crippen molar-refractivity contribution in [2.75, 3.05) is 18.4 Å². The summed E-state index contributed by atoms with van der Waals surface area (Å²) in [5.41, 5.74) is 2.53. The maximum atomic E-state index is 12.6. The number of aromatic amines is 1. The first-order chi connectivity index (χ1) is 14.2. The van der Waals surface area contributed by atoms with E-state index in [-0.39, 0.29) is 0 Å².